The molecule has 0 aromatic heterocycles. The summed E-state index contributed by atoms with van der Waals surface area (Å²) in [6.45, 7) is 4.54. The molecule has 0 saturated carbocycles. The van der Waals surface area contributed by atoms with E-state index in [9.17, 15) is 9.59 Å². The van der Waals surface area contributed by atoms with Crippen molar-refractivity contribution in [3.8, 4) is 0 Å². The summed E-state index contributed by atoms with van der Waals surface area (Å²) in [6, 6.07) is 0.223. The van der Waals surface area contributed by atoms with Crippen LogP contribution in [0, 0.1) is 5.92 Å². The Morgan fingerprint density at radius 1 is 1.39 bits per heavy atom. The Kier molecular flexibility index (Phi) is 6.07. The van der Waals surface area contributed by atoms with Gasteiger partial charge in [0.15, 0.2) is 0 Å². The van der Waals surface area contributed by atoms with Crippen molar-refractivity contribution in [1.29, 1.82) is 0 Å². The lowest BCUT2D eigenvalue weighted by Crippen LogP contribution is -2.48. The van der Waals surface area contributed by atoms with Crippen LogP contribution in [-0.4, -0.2) is 56.0 Å². The highest BCUT2D eigenvalue weighted by molar-refractivity contribution is 5.78. The first kappa shape index (κ1) is 14.9. The number of nitrogens with one attached hydrogen (secondary N) is 2. The SMILES string of the molecule is CNCC(C)C(=O)NC1CCN(CC(N)=O)CC1. The topological polar surface area (TPSA) is 87.5 Å². The van der Waals surface area contributed by atoms with E-state index in [1.54, 1.807) is 0 Å². The van der Waals surface area contributed by atoms with Gasteiger partial charge in [-0.05, 0) is 19.9 Å². The zero-order valence-corrected chi connectivity index (χ0v) is 11.2. The minimum absolute atomic E-state index is 0.0151. The van der Waals surface area contributed by atoms with Crippen LogP contribution >= 0.6 is 0 Å². The van der Waals surface area contributed by atoms with E-state index in [4.69, 9.17) is 5.73 Å². The van der Waals surface area contributed by atoms with Gasteiger partial charge < -0.3 is 16.4 Å². The highest BCUT2D eigenvalue weighted by Crippen LogP contribution is 2.10. The fourth-order valence-electron chi connectivity index (χ4n) is 2.20. The number of nitrogens with two attached hydrogens (primary N) is 1. The molecule has 0 aromatic carbocycles. The molecule has 6 heteroatoms. The van der Waals surface area contributed by atoms with Crippen LogP contribution in [0.5, 0.6) is 0 Å². The van der Waals surface area contributed by atoms with Crippen molar-refractivity contribution in [3.63, 3.8) is 0 Å². The minimum Gasteiger partial charge on any atom is -0.369 e. The molecule has 1 rings (SSSR count). The molecule has 0 spiro atoms. The van der Waals surface area contributed by atoms with Crippen LogP contribution in [0.4, 0.5) is 0 Å². The first-order valence-corrected chi connectivity index (χ1v) is 6.48. The number of amides is 2. The summed E-state index contributed by atoms with van der Waals surface area (Å²) in [5, 5.41) is 6.05. The van der Waals surface area contributed by atoms with Gasteiger partial charge in [0.2, 0.25) is 11.8 Å². The van der Waals surface area contributed by atoms with Crippen molar-refractivity contribution < 1.29 is 9.59 Å². The lowest BCUT2D eigenvalue weighted by atomic mass is 10.0. The smallest absolute Gasteiger partial charge is 0.231 e. The van der Waals surface area contributed by atoms with Gasteiger partial charge >= 0.3 is 0 Å². The van der Waals surface area contributed by atoms with Crippen LogP contribution in [0.15, 0.2) is 0 Å². The second-order valence-corrected chi connectivity index (χ2v) is 4.98. The second kappa shape index (κ2) is 7.33. The number of hydrogen-bond acceptors (Lipinski definition) is 4. The van der Waals surface area contributed by atoms with Crippen LogP contribution in [0.2, 0.25) is 0 Å². The molecule has 1 unspecified atom stereocenters. The molecule has 104 valence electrons. The summed E-state index contributed by atoms with van der Waals surface area (Å²) < 4.78 is 0. The van der Waals surface area contributed by atoms with Crippen molar-refractivity contribution >= 4 is 11.8 Å². The first-order valence-electron chi connectivity index (χ1n) is 6.48. The van der Waals surface area contributed by atoms with Crippen molar-refractivity contribution in [3.05, 3.63) is 0 Å². The van der Waals surface area contributed by atoms with Crippen molar-refractivity contribution in [2.45, 2.75) is 25.8 Å². The van der Waals surface area contributed by atoms with Gasteiger partial charge in [-0.3, -0.25) is 14.5 Å². The normalized spacial score (nSPS) is 19.4. The largest absolute Gasteiger partial charge is 0.369 e. The van der Waals surface area contributed by atoms with Crippen LogP contribution in [-0.2, 0) is 9.59 Å². The monoisotopic (exact) mass is 256 g/mol. The summed E-state index contributed by atoms with van der Waals surface area (Å²) in [4.78, 5) is 24.6. The maximum atomic E-state index is 11.8. The Hall–Kier alpha value is -1.14. The van der Waals surface area contributed by atoms with E-state index in [2.05, 4.69) is 10.6 Å². The fraction of sp³-hybridized carbons (Fsp3) is 0.833. The maximum absolute atomic E-state index is 11.8. The van der Waals surface area contributed by atoms with Crippen LogP contribution in [0.3, 0.4) is 0 Å². The summed E-state index contributed by atoms with van der Waals surface area (Å²) in [5.74, 6) is -0.212. The van der Waals surface area contributed by atoms with Gasteiger partial charge in [-0.1, -0.05) is 6.92 Å². The number of carbonyl (C=O) groups excluding carboxylic acids is 2. The van der Waals surface area contributed by atoms with Gasteiger partial charge in [-0.2, -0.15) is 0 Å². The van der Waals surface area contributed by atoms with E-state index in [1.165, 1.54) is 0 Å². The average Bonchev–Trinajstić information content (AvgIpc) is 2.31. The maximum Gasteiger partial charge on any atom is 0.231 e. The molecule has 0 aromatic rings. The van der Waals surface area contributed by atoms with Gasteiger partial charge in [0.25, 0.3) is 0 Å². The van der Waals surface area contributed by atoms with Gasteiger partial charge in [-0.15, -0.1) is 0 Å². The molecule has 18 heavy (non-hydrogen) atoms. The molecule has 4 N–H and O–H groups in total. The first-order chi connectivity index (χ1) is 8.52. The predicted octanol–water partition coefficient (Wildman–Crippen LogP) is -1.09. The number of hydrogen-bond donors (Lipinski definition) is 3. The third-order valence-corrected chi connectivity index (χ3v) is 3.27. The van der Waals surface area contributed by atoms with Crippen molar-refractivity contribution in [2.75, 3.05) is 33.2 Å². The van der Waals surface area contributed by atoms with Gasteiger partial charge in [0, 0.05) is 31.6 Å². The molecule has 0 radical (unpaired) electrons. The second-order valence-electron chi connectivity index (χ2n) is 4.98. The molecule has 1 heterocycles. The van der Waals surface area contributed by atoms with E-state index in [1.807, 2.05) is 18.9 Å². The lowest BCUT2D eigenvalue weighted by Gasteiger charge is -2.32. The molecule has 1 atom stereocenters. The molecule has 1 fully saturated rings. The van der Waals surface area contributed by atoms with Gasteiger partial charge in [0.1, 0.15) is 0 Å². The van der Waals surface area contributed by atoms with E-state index < -0.39 is 0 Å². The Morgan fingerprint density at radius 3 is 2.50 bits per heavy atom. The van der Waals surface area contributed by atoms with E-state index in [0.717, 1.165) is 25.9 Å². The fourth-order valence-corrected chi connectivity index (χ4v) is 2.20. The standard InChI is InChI=1S/C12H24N4O2/c1-9(7-14-2)12(18)15-10-3-5-16(6-4-10)8-11(13)17/h9-10,14H,3-8H2,1-2H3,(H2,13,17)(H,15,18). The number of primary amides is 1. The molecule has 0 bridgehead atoms. The average molecular weight is 256 g/mol. The zero-order chi connectivity index (χ0) is 13.5. The molecule has 2 amide bonds. The molecule has 0 aliphatic carbocycles. The summed E-state index contributed by atoms with van der Waals surface area (Å²) >= 11 is 0. The Morgan fingerprint density at radius 2 is 2.00 bits per heavy atom. The highest BCUT2D eigenvalue weighted by Gasteiger charge is 2.22. The van der Waals surface area contributed by atoms with Crippen LogP contribution in [0.25, 0.3) is 0 Å². The van der Waals surface area contributed by atoms with Crippen molar-refractivity contribution in [1.82, 2.24) is 15.5 Å². The minimum atomic E-state index is -0.292. The van der Waals surface area contributed by atoms with Crippen LogP contribution in [0.1, 0.15) is 19.8 Å². The van der Waals surface area contributed by atoms with E-state index >= 15 is 0 Å². The quantitative estimate of drug-likeness (QED) is 0.563. The highest BCUT2D eigenvalue weighted by atomic mass is 16.2. The Labute approximate surface area is 108 Å². The van der Waals surface area contributed by atoms with Gasteiger partial charge in [0.05, 0.1) is 6.54 Å². The third kappa shape index (κ3) is 5.01. The predicted molar refractivity (Wildman–Crippen MR) is 69.9 cm³/mol. The number of carbonyl (C=O) groups is 2. The Bertz CT molecular complexity index is 288. The van der Waals surface area contributed by atoms with Crippen molar-refractivity contribution in [2.24, 2.45) is 11.7 Å². The summed E-state index contributed by atoms with van der Waals surface area (Å²) in [6.07, 6.45) is 1.76. The molecule has 1 aliphatic rings. The number of piperidine rings is 1. The van der Waals surface area contributed by atoms with E-state index in [0.29, 0.717) is 13.1 Å². The number of likely N-dealkylation sites (tertiary alicyclic amines) is 1. The molecule has 1 aliphatic heterocycles. The Balaban J connectivity index is 2.26. The lowest BCUT2D eigenvalue weighted by molar-refractivity contribution is -0.125. The number of nitrogens with zero attached hydrogens (tertiary/aromatic N) is 1. The van der Waals surface area contributed by atoms with E-state index in [-0.39, 0.29) is 23.8 Å². The van der Waals surface area contributed by atoms with Crippen LogP contribution < -0.4 is 16.4 Å². The molecular formula is C12H24N4O2. The third-order valence-electron chi connectivity index (χ3n) is 3.27. The number of rotatable bonds is 6. The molecular weight excluding hydrogens is 232 g/mol. The zero-order valence-electron chi connectivity index (χ0n) is 11.2. The molecule has 1 saturated heterocycles. The van der Waals surface area contributed by atoms with Gasteiger partial charge in [-0.25, -0.2) is 0 Å². The summed E-state index contributed by atoms with van der Waals surface area (Å²) in [5.41, 5.74) is 5.15. The molecule has 6 nitrogen and oxygen atoms in total. The summed E-state index contributed by atoms with van der Waals surface area (Å²) in [7, 11) is 1.84.